The molecule has 0 fully saturated rings. The average molecular weight is 276 g/mol. The highest BCUT2D eigenvalue weighted by Crippen LogP contribution is 2.21. The lowest BCUT2D eigenvalue weighted by molar-refractivity contribution is 0.822. The van der Waals surface area contributed by atoms with Crippen molar-refractivity contribution in [3.05, 3.63) is 40.9 Å². The molecule has 0 aliphatic heterocycles. The van der Waals surface area contributed by atoms with Gasteiger partial charge < -0.3 is 0 Å². The second-order valence-corrected chi connectivity index (χ2v) is 5.27. The van der Waals surface area contributed by atoms with E-state index in [-0.39, 0.29) is 0 Å². The van der Waals surface area contributed by atoms with Gasteiger partial charge in [-0.25, -0.2) is 9.97 Å². The molecule has 2 heterocycles. The van der Waals surface area contributed by atoms with Gasteiger partial charge in [-0.1, -0.05) is 38.8 Å². The van der Waals surface area contributed by atoms with Gasteiger partial charge in [-0.15, -0.1) is 0 Å². The third-order valence-corrected chi connectivity index (χ3v) is 3.08. The van der Waals surface area contributed by atoms with Gasteiger partial charge in [-0.2, -0.15) is 0 Å². The van der Waals surface area contributed by atoms with E-state index in [0.717, 1.165) is 29.8 Å². The standard InChI is InChI=1S/C15H18ClN3/c1-4-5-12-9-14(16)19-15(18-12)11-6-7-17-13(8-11)10(2)3/h6-10H,4-5H2,1-3H3. The van der Waals surface area contributed by atoms with Crippen LogP contribution in [0.25, 0.3) is 11.4 Å². The quantitative estimate of drug-likeness (QED) is 0.782. The van der Waals surface area contributed by atoms with Crippen LogP contribution < -0.4 is 0 Å². The first-order chi connectivity index (χ1) is 9.10. The minimum absolute atomic E-state index is 0.384. The first-order valence-electron chi connectivity index (χ1n) is 6.60. The molecule has 0 saturated carbocycles. The molecule has 0 aromatic carbocycles. The predicted molar refractivity (Wildman–Crippen MR) is 78.4 cm³/mol. The maximum Gasteiger partial charge on any atom is 0.161 e. The Morgan fingerprint density at radius 1 is 1.21 bits per heavy atom. The van der Waals surface area contributed by atoms with Gasteiger partial charge in [0.05, 0.1) is 0 Å². The molecule has 0 aliphatic carbocycles. The van der Waals surface area contributed by atoms with Gasteiger partial charge >= 0.3 is 0 Å². The highest BCUT2D eigenvalue weighted by atomic mass is 35.5. The smallest absolute Gasteiger partial charge is 0.161 e. The second-order valence-electron chi connectivity index (χ2n) is 4.88. The molecule has 2 aromatic rings. The molecule has 3 nitrogen and oxygen atoms in total. The van der Waals surface area contributed by atoms with Crippen molar-refractivity contribution in [1.82, 2.24) is 15.0 Å². The number of pyridine rings is 1. The van der Waals surface area contributed by atoms with E-state index in [2.05, 4.69) is 35.7 Å². The van der Waals surface area contributed by atoms with Gasteiger partial charge in [-0.3, -0.25) is 4.98 Å². The van der Waals surface area contributed by atoms with E-state index in [0.29, 0.717) is 16.9 Å². The summed E-state index contributed by atoms with van der Waals surface area (Å²) in [6.07, 6.45) is 3.76. The summed E-state index contributed by atoms with van der Waals surface area (Å²) >= 11 is 6.07. The van der Waals surface area contributed by atoms with Crippen molar-refractivity contribution in [3.8, 4) is 11.4 Å². The summed E-state index contributed by atoms with van der Waals surface area (Å²) in [4.78, 5) is 13.2. The van der Waals surface area contributed by atoms with E-state index in [1.807, 2.05) is 18.2 Å². The molecule has 0 atom stereocenters. The number of aromatic nitrogens is 3. The first kappa shape index (κ1) is 13.9. The van der Waals surface area contributed by atoms with Crippen LogP contribution in [0.1, 0.15) is 44.5 Å². The predicted octanol–water partition coefficient (Wildman–Crippen LogP) is 4.27. The van der Waals surface area contributed by atoms with E-state index in [4.69, 9.17) is 11.6 Å². The van der Waals surface area contributed by atoms with Crippen molar-refractivity contribution in [1.29, 1.82) is 0 Å². The van der Waals surface area contributed by atoms with Gasteiger partial charge in [0, 0.05) is 23.1 Å². The molecule has 100 valence electrons. The fraction of sp³-hybridized carbons (Fsp3) is 0.400. The van der Waals surface area contributed by atoms with Gasteiger partial charge in [0.25, 0.3) is 0 Å². The van der Waals surface area contributed by atoms with Crippen LogP contribution in [0, 0.1) is 0 Å². The van der Waals surface area contributed by atoms with Crippen LogP contribution in [0.3, 0.4) is 0 Å². The molecule has 0 amide bonds. The van der Waals surface area contributed by atoms with Crippen molar-refractivity contribution in [2.45, 2.75) is 39.5 Å². The van der Waals surface area contributed by atoms with Crippen molar-refractivity contribution < 1.29 is 0 Å². The van der Waals surface area contributed by atoms with Crippen molar-refractivity contribution in [2.24, 2.45) is 0 Å². The summed E-state index contributed by atoms with van der Waals surface area (Å²) in [6.45, 7) is 6.36. The van der Waals surface area contributed by atoms with Crippen molar-refractivity contribution in [3.63, 3.8) is 0 Å². The number of aryl methyl sites for hydroxylation is 1. The van der Waals surface area contributed by atoms with Crippen molar-refractivity contribution in [2.75, 3.05) is 0 Å². The Balaban J connectivity index is 2.43. The van der Waals surface area contributed by atoms with Crippen LogP contribution in [0.4, 0.5) is 0 Å². The summed E-state index contributed by atoms with van der Waals surface area (Å²) in [6, 6.07) is 5.79. The van der Waals surface area contributed by atoms with Gasteiger partial charge in [0.2, 0.25) is 0 Å². The summed E-state index contributed by atoms with van der Waals surface area (Å²) in [5, 5.41) is 0.497. The van der Waals surface area contributed by atoms with E-state index in [1.54, 1.807) is 6.20 Å². The van der Waals surface area contributed by atoms with Crippen LogP contribution >= 0.6 is 11.6 Å². The Morgan fingerprint density at radius 3 is 2.68 bits per heavy atom. The Bertz CT molecular complexity index is 567. The minimum atomic E-state index is 0.384. The highest BCUT2D eigenvalue weighted by Gasteiger charge is 2.08. The largest absolute Gasteiger partial charge is 0.261 e. The van der Waals surface area contributed by atoms with E-state index in [9.17, 15) is 0 Å². The number of rotatable bonds is 4. The average Bonchev–Trinajstić information content (AvgIpc) is 2.38. The summed E-state index contributed by atoms with van der Waals surface area (Å²) in [5.41, 5.74) is 3.00. The molecule has 0 spiro atoms. The zero-order valence-electron chi connectivity index (χ0n) is 11.5. The maximum absolute atomic E-state index is 6.07. The maximum atomic E-state index is 6.07. The first-order valence-corrected chi connectivity index (χ1v) is 6.97. The Kier molecular flexibility index (Phi) is 4.48. The van der Waals surface area contributed by atoms with Crippen LogP contribution in [-0.4, -0.2) is 15.0 Å². The van der Waals surface area contributed by atoms with Gasteiger partial charge in [0.1, 0.15) is 5.15 Å². The monoisotopic (exact) mass is 275 g/mol. The van der Waals surface area contributed by atoms with E-state index < -0.39 is 0 Å². The lowest BCUT2D eigenvalue weighted by atomic mass is 10.1. The zero-order valence-corrected chi connectivity index (χ0v) is 12.3. The summed E-state index contributed by atoms with van der Waals surface area (Å²) < 4.78 is 0. The van der Waals surface area contributed by atoms with Crippen LogP contribution in [0.15, 0.2) is 24.4 Å². The molecular formula is C15H18ClN3. The molecule has 0 aliphatic rings. The molecule has 2 aromatic heterocycles. The molecular weight excluding hydrogens is 258 g/mol. The van der Waals surface area contributed by atoms with E-state index >= 15 is 0 Å². The molecule has 0 bridgehead atoms. The Hall–Kier alpha value is -1.48. The lowest BCUT2D eigenvalue weighted by Crippen LogP contribution is -1.98. The third kappa shape index (κ3) is 3.51. The zero-order chi connectivity index (χ0) is 13.8. The van der Waals surface area contributed by atoms with Gasteiger partial charge in [0.15, 0.2) is 5.82 Å². The number of halogens is 1. The molecule has 0 unspecified atom stereocenters. The second kappa shape index (κ2) is 6.11. The number of nitrogens with zero attached hydrogens (tertiary/aromatic N) is 3. The molecule has 19 heavy (non-hydrogen) atoms. The van der Waals surface area contributed by atoms with E-state index in [1.165, 1.54) is 0 Å². The normalized spacial score (nSPS) is 11.0. The van der Waals surface area contributed by atoms with Crippen LogP contribution in [0.5, 0.6) is 0 Å². The summed E-state index contributed by atoms with van der Waals surface area (Å²) in [5.74, 6) is 1.06. The lowest BCUT2D eigenvalue weighted by Gasteiger charge is -2.08. The fourth-order valence-electron chi connectivity index (χ4n) is 1.88. The van der Waals surface area contributed by atoms with Gasteiger partial charge in [-0.05, 0) is 30.5 Å². The molecule has 0 N–H and O–H groups in total. The topological polar surface area (TPSA) is 38.7 Å². The minimum Gasteiger partial charge on any atom is -0.261 e. The third-order valence-electron chi connectivity index (χ3n) is 2.88. The number of hydrogen-bond acceptors (Lipinski definition) is 3. The highest BCUT2D eigenvalue weighted by molar-refractivity contribution is 6.29. The fourth-order valence-corrected chi connectivity index (χ4v) is 2.09. The Labute approximate surface area is 119 Å². The molecule has 0 saturated heterocycles. The molecule has 0 radical (unpaired) electrons. The molecule has 2 rings (SSSR count). The van der Waals surface area contributed by atoms with Crippen molar-refractivity contribution >= 4 is 11.6 Å². The number of hydrogen-bond donors (Lipinski definition) is 0. The summed E-state index contributed by atoms with van der Waals surface area (Å²) in [7, 11) is 0. The molecule has 4 heteroatoms. The van der Waals surface area contributed by atoms with Crippen LogP contribution in [-0.2, 0) is 6.42 Å². The Morgan fingerprint density at radius 2 is 2.00 bits per heavy atom. The van der Waals surface area contributed by atoms with Crippen LogP contribution in [0.2, 0.25) is 5.15 Å². The SMILES string of the molecule is CCCc1cc(Cl)nc(-c2ccnc(C(C)C)c2)n1.